The van der Waals surface area contributed by atoms with Crippen molar-refractivity contribution < 1.29 is 19.0 Å². The smallest absolute Gasteiger partial charge is 0.143 e. The van der Waals surface area contributed by atoms with E-state index in [1.807, 2.05) is 26.0 Å². The predicted molar refractivity (Wildman–Crippen MR) is 139 cm³/mol. The summed E-state index contributed by atoms with van der Waals surface area (Å²) in [6.07, 6.45) is 1.12. The second-order valence-electron chi connectivity index (χ2n) is 7.51. The van der Waals surface area contributed by atoms with Crippen LogP contribution in [0.4, 0.5) is 0 Å². The first-order valence-corrected chi connectivity index (χ1v) is 12.7. The number of hydroxylamine groups is 1. The number of aryl methyl sites for hydroxylation is 2. The van der Waals surface area contributed by atoms with E-state index in [1.54, 1.807) is 0 Å². The van der Waals surface area contributed by atoms with E-state index in [9.17, 15) is 0 Å². The van der Waals surface area contributed by atoms with E-state index in [1.165, 1.54) is 5.56 Å². The minimum Gasteiger partial charge on any atom is -0.489 e. The molecule has 1 heterocycles. The third kappa shape index (κ3) is 7.43. The van der Waals surface area contributed by atoms with Gasteiger partial charge in [-0.15, -0.1) is 0 Å². The highest BCUT2D eigenvalue weighted by Crippen LogP contribution is 2.36. The molecule has 2 unspecified atom stereocenters. The first-order valence-electron chi connectivity index (χ1n) is 10.5. The standard InChI is InChI=1S/C23H30I2N2O4/c1-5-26-21(27-30-6-2)10-16-7-14(3)23(19(24)9-16)31-17-8-15(4)22(20(25)11-17)29-13-18-12-28-18/h7-9,11,18,21,26-27H,5-6,10,12-13H2,1-4H3. The van der Waals surface area contributed by atoms with Gasteiger partial charge in [-0.2, -0.15) is 5.48 Å². The molecule has 0 saturated carbocycles. The van der Waals surface area contributed by atoms with Crippen LogP contribution < -0.4 is 20.3 Å². The van der Waals surface area contributed by atoms with Crippen LogP contribution in [0.3, 0.4) is 0 Å². The molecule has 1 aliphatic heterocycles. The van der Waals surface area contributed by atoms with E-state index >= 15 is 0 Å². The molecule has 31 heavy (non-hydrogen) atoms. The van der Waals surface area contributed by atoms with Gasteiger partial charge < -0.3 is 24.4 Å². The number of hydrogen-bond donors (Lipinski definition) is 2. The third-order valence-electron chi connectivity index (χ3n) is 4.79. The zero-order valence-corrected chi connectivity index (χ0v) is 22.7. The SMILES string of the molecule is CCNC(Cc1cc(C)c(Oc2cc(C)c(OCC3CO3)c(I)c2)c(I)c1)NOCC. The molecule has 0 spiro atoms. The van der Waals surface area contributed by atoms with E-state index in [0.29, 0.717) is 13.2 Å². The summed E-state index contributed by atoms with van der Waals surface area (Å²) in [5, 5.41) is 3.41. The molecule has 8 heteroatoms. The quantitative estimate of drug-likeness (QED) is 0.144. The molecular weight excluding hydrogens is 622 g/mol. The summed E-state index contributed by atoms with van der Waals surface area (Å²) in [5.74, 6) is 2.60. The van der Waals surface area contributed by atoms with E-state index in [-0.39, 0.29) is 12.3 Å². The molecular formula is C23H30I2N2O4. The summed E-state index contributed by atoms with van der Waals surface area (Å²) in [7, 11) is 0. The maximum atomic E-state index is 6.32. The highest BCUT2D eigenvalue weighted by molar-refractivity contribution is 14.1. The Morgan fingerprint density at radius 3 is 2.39 bits per heavy atom. The zero-order valence-electron chi connectivity index (χ0n) is 18.4. The lowest BCUT2D eigenvalue weighted by Gasteiger charge is -2.20. The third-order valence-corrected chi connectivity index (χ3v) is 6.39. The lowest BCUT2D eigenvalue weighted by atomic mass is 10.1. The van der Waals surface area contributed by atoms with Crippen molar-refractivity contribution in [1.82, 2.24) is 10.8 Å². The van der Waals surface area contributed by atoms with Gasteiger partial charge in [0.15, 0.2) is 0 Å². The monoisotopic (exact) mass is 652 g/mol. The Morgan fingerprint density at radius 1 is 1.06 bits per heavy atom. The van der Waals surface area contributed by atoms with Gasteiger partial charge in [0.25, 0.3) is 0 Å². The molecule has 0 bridgehead atoms. The van der Waals surface area contributed by atoms with Crippen molar-refractivity contribution in [3.05, 3.63) is 48.1 Å². The highest BCUT2D eigenvalue weighted by atomic mass is 127. The number of likely N-dealkylation sites (N-methyl/N-ethyl adjacent to an activating group) is 1. The topological polar surface area (TPSA) is 64.3 Å². The molecule has 2 aromatic carbocycles. The van der Waals surface area contributed by atoms with Crippen LogP contribution in [0.5, 0.6) is 17.2 Å². The Bertz CT molecular complexity index is 844. The average molecular weight is 652 g/mol. The fraction of sp³-hybridized carbons (Fsp3) is 0.478. The van der Waals surface area contributed by atoms with Crippen LogP contribution in [0.25, 0.3) is 0 Å². The second-order valence-corrected chi connectivity index (χ2v) is 9.83. The maximum absolute atomic E-state index is 6.32. The van der Waals surface area contributed by atoms with Crippen LogP contribution in [-0.2, 0) is 16.0 Å². The first kappa shape index (κ1) is 25.0. The Hall–Kier alpha value is -0.660. The molecule has 3 rings (SSSR count). The van der Waals surface area contributed by atoms with E-state index in [4.69, 9.17) is 19.0 Å². The van der Waals surface area contributed by atoms with Crippen LogP contribution in [0.2, 0.25) is 0 Å². The molecule has 170 valence electrons. The van der Waals surface area contributed by atoms with Crippen molar-refractivity contribution in [2.45, 2.75) is 46.4 Å². The van der Waals surface area contributed by atoms with Crippen LogP contribution in [-0.4, -0.2) is 38.6 Å². The van der Waals surface area contributed by atoms with Gasteiger partial charge >= 0.3 is 0 Å². The van der Waals surface area contributed by atoms with Crippen LogP contribution in [0.15, 0.2) is 24.3 Å². The van der Waals surface area contributed by atoms with Crippen molar-refractivity contribution in [2.75, 3.05) is 26.4 Å². The Labute approximate surface area is 212 Å². The van der Waals surface area contributed by atoms with Gasteiger partial charge in [0, 0.05) is 6.42 Å². The predicted octanol–water partition coefficient (Wildman–Crippen LogP) is 5.10. The Morgan fingerprint density at radius 2 is 1.77 bits per heavy atom. The average Bonchev–Trinajstić information content (AvgIpc) is 3.53. The summed E-state index contributed by atoms with van der Waals surface area (Å²) in [4.78, 5) is 5.39. The molecule has 1 fully saturated rings. The van der Waals surface area contributed by atoms with E-state index in [0.717, 1.165) is 55.1 Å². The normalized spacial score (nSPS) is 16.3. The molecule has 1 aliphatic rings. The van der Waals surface area contributed by atoms with Gasteiger partial charge in [-0.1, -0.05) is 13.0 Å². The number of nitrogens with one attached hydrogen (secondary N) is 2. The summed E-state index contributed by atoms with van der Waals surface area (Å²) in [6, 6.07) is 8.40. The fourth-order valence-electron chi connectivity index (χ4n) is 3.27. The maximum Gasteiger partial charge on any atom is 0.143 e. The molecule has 0 radical (unpaired) electrons. The summed E-state index contributed by atoms with van der Waals surface area (Å²) in [6.45, 7) is 11.1. The lowest BCUT2D eigenvalue weighted by Crippen LogP contribution is -2.43. The number of rotatable bonds is 12. The molecule has 0 amide bonds. The minimum absolute atomic E-state index is 0.0599. The van der Waals surface area contributed by atoms with Gasteiger partial charge in [-0.25, -0.2) is 0 Å². The summed E-state index contributed by atoms with van der Waals surface area (Å²) >= 11 is 4.65. The van der Waals surface area contributed by atoms with Gasteiger partial charge in [-0.05, 0) is 107 Å². The van der Waals surface area contributed by atoms with Crippen LogP contribution >= 0.6 is 45.2 Å². The van der Waals surface area contributed by atoms with Gasteiger partial charge in [0.05, 0.1) is 26.5 Å². The molecule has 1 saturated heterocycles. The van der Waals surface area contributed by atoms with Crippen molar-refractivity contribution in [3.8, 4) is 17.2 Å². The van der Waals surface area contributed by atoms with Crippen LogP contribution in [0.1, 0.15) is 30.5 Å². The Balaban J connectivity index is 1.72. The minimum atomic E-state index is 0.0599. The van der Waals surface area contributed by atoms with Gasteiger partial charge in [0.2, 0.25) is 0 Å². The Kier molecular flexibility index (Phi) is 9.66. The van der Waals surface area contributed by atoms with Crippen LogP contribution in [0, 0.1) is 21.0 Å². The number of ether oxygens (including phenoxy) is 3. The molecule has 2 aromatic rings. The highest BCUT2D eigenvalue weighted by Gasteiger charge is 2.24. The summed E-state index contributed by atoms with van der Waals surface area (Å²) in [5.41, 5.74) is 6.47. The molecule has 6 nitrogen and oxygen atoms in total. The van der Waals surface area contributed by atoms with E-state index < -0.39 is 0 Å². The number of hydrogen-bond acceptors (Lipinski definition) is 6. The van der Waals surface area contributed by atoms with Crippen molar-refractivity contribution in [2.24, 2.45) is 0 Å². The molecule has 0 aliphatic carbocycles. The van der Waals surface area contributed by atoms with Crippen molar-refractivity contribution in [3.63, 3.8) is 0 Å². The second kappa shape index (κ2) is 12.0. The number of benzene rings is 2. The number of halogens is 2. The first-order chi connectivity index (χ1) is 14.9. The lowest BCUT2D eigenvalue weighted by molar-refractivity contribution is 0.0162. The van der Waals surface area contributed by atoms with Crippen molar-refractivity contribution in [1.29, 1.82) is 0 Å². The van der Waals surface area contributed by atoms with Gasteiger partial charge in [-0.3, -0.25) is 0 Å². The van der Waals surface area contributed by atoms with Gasteiger partial charge in [0.1, 0.15) is 30.0 Å². The molecule has 2 N–H and O–H groups in total. The molecule has 0 aromatic heterocycles. The fourth-order valence-corrected chi connectivity index (χ4v) is 5.09. The zero-order chi connectivity index (χ0) is 22.4. The van der Waals surface area contributed by atoms with Crippen molar-refractivity contribution >= 4 is 45.2 Å². The largest absolute Gasteiger partial charge is 0.489 e. The van der Waals surface area contributed by atoms with E-state index in [2.05, 4.69) is 82.0 Å². The summed E-state index contributed by atoms with van der Waals surface area (Å²) < 4.78 is 19.6. The molecule has 2 atom stereocenters. The number of epoxide rings is 1.